The number of primary amides is 1. The molecule has 104 valence electrons. The van der Waals surface area contributed by atoms with E-state index in [0.717, 1.165) is 11.3 Å². The van der Waals surface area contributed by atoms with Gasteiger partial charge in [-0.3, -0.25) is 4.79 Å². The van der Waals surface area contributed by atoms with Gasteiger partial charge in [-0.15, -0.1) is 0 Å². The van der Waals surface area contributed by atoms with Crippen molar-refractivity contribution in [1.82, 2.24) is 0 Å². The van der Waals surface area contributed by atoms with Crippen LogP contribution < -0.4 is 11.1 Å². The fraction of sp³-hybridized carbons (Fsp3) is 0.188. The van der Waals surface area contributed by atoms with Gasteiger partial charge in [0.2, 0.25) is 5.91 Å². The Morgan fingerprint density at radius 2 is 1.75 bits per heavy atom. The molecular weight excluding hydrogens is 255 g/mol. The molecule has 2 rings (SSSR count). The van der Waals surface area contributed by atoms with E-state index >= 15 is 0 Å². The summed E-state index contributed by atoms with van der Waals surface area (Å²) in [5.74, 6) is -1.10. The average Bonchev–Trinajstić information content (AvgIpc) is 2.41. The quantitative estimate of drug-likeness (QED) is 0.899. The van der Waals surface area contributed by atoms with Crippen molar-refractivity contribution in [2.45, 2.75) is 19.4 Å². The number of carbonyl (C=O) groups excluding carboxylic acids is 1. The highest BCUT2D eigenvalue weighted by atomic mass is 19.1. The van der Waals surface area contributed by atoms with Gasteiger partial charge in [0.25, 0.3) is 0 Å². The summed E-state index contributed by atoms with van der Waals surface area (Å²) in [7, 11) is 0. The third-order valence-electron chi connectivity index (χ3n) is 3.44. The maximum atomic E-state index is 14.0. The molecule has 20 heavy (non-hydrogen) atoms. The minimum Gasteiger partial charge on any atom is -0.368 e. The van der Waals surface area contributed by atoms with Crippen LogP contribution >= 0.6 is 0 Å². The first kappa shape index (κ1) is 14.1. The van der Waals surface area contributed by atoms with E-state index in [0.29, 0.717) is 0 Å². The molecule has 1 atom stereocenters. The van der Waals surface area contributed by atoms with Crippen LogP contribution in [0.25, 0.3) is 0 Å². The molecule has 4 heteroatoms. The Kier molecular flexibility index (Phi) is 3.74. The van der Waals surface area contributed by atoms with Crippen LogP contribution in [0.5, 0.6) is 0 Å². The maximum absolute atomic E-state index is 14.0. The van der Waals surface area contributed by atoms with E-state index in [1.807, 2.05) is 31.2 Å². The summed E-state index contributed by atoms with van der Waals surface area (Å²) >= 11 is 0. The third kappa shape index (κ3) is 2.50. The minimum atomic E-state index is -1.31. The van der Waals surface area contributed by atoms with Crippen LogP contribution in [0.4, 0.5) is 10.1 Å². The predicted molar refractivity (Wildman–Crippen MR) is 77.7 cm³/mol. The van der Waals surface area contributed by atoms with Crippen molar-refractivity contribution in [1.29, 1.82) is 0 Å². The molecule has 0 radical (unpaired) electrons. The molecule has 0 spiro atoms. The summed E-state index contributed by atoms with van der Waals surface area (Å²) in [6, 6.07) is 13.6. The van der Waals surface area contributed by atoms with Crippen LogP contribution in [0.2, 0.25) is 0 Å². The molecule has 0 fully saturated rings. The van der Waals surface area contributed by atoms with Crippen LogP contribution in [-0.4, -0.2) is 5.91 Å². The highest BCUT2D eigenvalue weighted by molar-refractivity contribution is 5.89. The molecule has 0 bridgehead atoms. The van der Waals surface area contributed by atoms with E-state index in [9.17, 15) is 9.18 Å². The Morgan fingerprint density at radius 1 is 1.15 bits per heavy atom. The van der Waals surface area contributed by atoms with Gasteiger partial charge in [-0.1, -0.05) is 36.4 Å². The second-order valence-electron chi connectivity index (χ2n) is 4.91. The van der Waals surface area contributed by atoms with E-state index < -0.39 is 17.3 Å². The van der Waals surface area contributed by atoms with Crippen LogP contribution in [0, 0.1) is 12.7 Å². The lowest BCUT2D eigenvalue weighted by atomic mass is 9.90. The Hall–Kier alpha value is -2.36. The van der Waals surface area contributed by atoms with Crippen LogP contribution in [0.15, 0.2) is 48.5 Å². The predicted octanol–water partition coefficient (Wildman–Crippen LogP) is 2.95. The van der Waals surface area contributed by atoms with Gasteiger partial charge in [0, 0.05) is 11.3 Å². The molecule has 0 heterocycles. The van der Waals surface area contributed by atoms with E-state index in [4.69, 9.17) is 5.73 Å². The van der Waals surface area contributed by atoms with Gasteiger partial charge in [0.05, 0.1) is 0 Å². The SMILES string of the molecule is Cc1ccccc1NC(C)(C(N)=O)c1ccccc1F. The number of rotatable bonds is 4. The van der Waals surface area contributed by atoms with Crippen molar-refractivity contribution in [3.8, 4) is 0 Å². The largest absolute Gasteiger partial charge is 0.368 e. The van der Waals surface area contributed by atoms with Gasteiger partial charge in [-0.2, -0.15) is 0 Å². The van der Waals surface area contributed by atoms with Gasteiger partial charge in [0.15, 0.2) is 0 Å². The molecule has 0 aliphatic carbocycles. The molecule has 0 aliphatic rings. The Balaban J connectivity index is 2.49. The van der Waals surface area contributed by atoms with E-state index in [-0.39, 0.29) is 5.56 Å². The number of anilines is 1. The second-order valence-corrected chi connectivity index (χ2v) is 4.91. The fourth-order valence-electron chi connectivity index (χ4n) is 2.11. The van der Waals surface area contributed by atoms with Gasteiger partial charge in [-0.25, -0.2) is 4.39 Å². The molecule has 1 amide bonds. The van der Waals surface area contributed by atoms with Gasteiger partial charge in [0.1, 0.15) is 11.4 Å². The summed E-state index contributed by atoms with van der Waals surface area (Å²) in [5.41, 5.74) is 6.13. The van der Waals surface area contributed by atoms with Crippen molar-refractivity contribution in [2.75, 3.05) is 5.32 Å². The Morgan fingerprint density at radius 3 is 2.35 bits per heavy atom. The molecule has 0 aromatic heterocycles. The second kappa shape index (κ2) is 5.33. The molecule has 0 aliphatic heterocycles. The molecule has 0 saturated heterocycles. The summed E-state index contributed by atoms with van der Waals surface area (Å²) in [6.07, 6.45) is 0. The number of nitrogens with two attached hydrogens (primary N) is 1. The van der Waals surface area contributed by atoms with E-state index in [1.54, 1.807) is 25.1 Å². The number of carbonyl (C=O) groups is 1. The summed E-state index contributed by atoms with van der Waals surface area (Å²) < 4.78 is 14.0. The topological polar surface area (TPSA) is 55.1 Å². The number of hydrogen-bond acceptors (Lipinski definition) is 2. The van der Waals surface area contributed by atoms with Crippen LogP contribution in [0.3, 0.4) is 0 Å². The van der Waals surface area contributed by atoms with Gasteiger partial charge >= 0.3 is 0 Å². The molecule has 1 unspecified atom stereocenters. The zero-order valence-electron chi connectivity index (χ0n) is 11.5. The zero-order valence-corrected chi connectivity index (χ0v) is 11.5. The molecule has 3 nitrogen and oxygen atoms in total. The standard InChI is InChI=1S/C16H17FN2O/c1-11-7-3-6-10-14(11)19-16(2,15(18)20)12-8-4-5-9-13(12)17/h3-10,19H,1-2H3,(H2,18,20). The number of amides is 1. The lowest BCUT2D eigenvalue weighted by molar-refractivity contribution is -0.122. The van der Waals surface area contributed by atoms with E-state index in [2.05, 4.69) is 5.32 Å². The highest BCUT2D eigenvalue weighted by Gasteiger charge is 2.35. The zero-order chi connectivity index (χ0) is 14.8. The number of aryl methyl sites for hydroxylation is 1. The number of para-hydroxylation sites is 1. The molecule has 2 aromatic rings. The first-order valence-electron chi connectivity index (χ1n) is 6.34. The first-order chi connectivity index (χ1) is 9.45. The minimum absolute atomic E-state index is 0.232. The van der Waals surface area contributed by atoms with Crippen LogP contribution in [-0.2, 0) is 10.3 Å². The third-order valence-corrected chi connectivity index (χ3v) is 3.44. The Bertz CT molecular complexity index is 642. The normalized spacial score (nSPS) is 13.6. The van der Waals surface area contributed by atoms with Crippen molar-refractivity contribution in [3.63, 3.8) is 0 Å². The molecule has 2 aromatic carbocycles. The highest BCUT2D eigenvalue weighted by Crippen LogP contribution is 2.29. The Labute approximate surface area is 117 Å². The van der Waals surface area contributed by atoms with Crippen molar-refractivity contribution in [3.05, 3.63) is 65.5 Å². The fourth-order valence-corrected chi connectivity index (χ4v) is 2.11. The lowest BCUT2D eigenvalue weighted by Gasteiger charge is -2.30. The van der Waals surface area contributed by atoms with Crippen molar-refractivity contribution < 1.29 is 9.18 Å². The number of halogens is 1. The van der Waals surface area contributed by atoms with Gasteiger partial charge in [-0.05, 0) is 31.5 Å². The lowest BCUT2D eigenvalue weighted by Crippen LogP contribution is -2.46. The maximum Gasteiger partial charge on any atom is 0.247 e. The smallest absolute Gasteiger partial charge is 0.247 e. The summed E-state index contributed by atoms with van der Waals surface area (Å²) in [4.78, 5) is 11.9. The average molecular weight is 272 g/mol. The molecular formula is C16H17FN2O. The van der Waals surface area contributed by atoms with Crippen molar-refractivity contribution >= 4 is 11.6 Å². The molecule has 3 N–H and O–H groups in total. The molecule has 0 saturated carbocycles. The van der Waals surface area contributed by atoms with Crippen molar-refractivity contribution in [2.24, 2.45) is 5.73 Å². The van der Waals surface area contributed by atoms with Crippen LogP contribution in [0.1, 0.15) is 18.1 Å². The number of benzene rings is 2. The monoisotopic (exact) mass is 272 g/mol. The summed E-state index contributed by atoms with van der Waals surface area (Å²) in [6.45, 7) is 3.49. The van der Waals surface area contributed by atoms with E-state index in [1.165, 1.54) is 6.07 Å². The summed E-state index contributed by atoms with van der Waals surface area (Å²) in [5, 5.41) is 3.07. The number of nitrogens with one attached hydrogen (secondary N) is 1. The first-order valence-corrected chi connectivity index (χ1v) is 6.34. The van der Waals surface area contributed by atoms with Gasteiger partial charge < -0.3 is 11.1 Å². The number of hydrogen-bond donors (Lipinski definition) is 2.